The zero-order valence-corrected chi connectivity index (χ0v) is 21.4. The lowest BCUT2D eigenvalue weighted by molar-refractivity contribution is 0.251. The van der Waals surface area contributed by atoms with Crippen molar-refractivity contribution < 1.29 is 4.79 Å². The summed E-state index contributed by atoms with van der Waals surface area (Å²) in [6.07, 6.45) is 1.72. The predicted octanol–water partition coefficient (Wildman–Crippen LogP) is 6.75. The number of rotatable bonds is 7. The van der Waals surface area contributed by atoms with E-state index in [1.54, 1.807) is 10.7 Å². The number of nitrogens with one attached hydrogen (secondary N) is 3. The molecular weight excluding hydrogens is 540 g/mol. The average molecular weight is 562 g/mol. The van der Waals surface area contributed by atoms with Gasteiger partial charge in [0.2, 0.25) is 0 Å². The number of hydrogen-bond acceptors (Lipinski definition) is 4. The van der Waals surface area contributed by atoms with Crippen molar-refractivity contribution in [3.05, 3.63) is 112 Å². The number of fused-ring (bicyclic) bond motifs is 1. The summed E-state index contributed by atoms with van der Waals surface area (Å²) in [6, 6.07) is 26.8. The molecule has 0 atom stereocenters. The van der Waals surface area contributed by atoms with E-state index in [0.29, 0.717) is 29.4 Å². The van der Waals surface area contributed by atoms with Crippen LogP contribution in [0.4, 0.5) is 16.3 Å². The lowest BCUT2D eigenvalue weighted by Gasteiger charge is -2.12. The maximum Gasteiger partial charge on any atom is 0.319 e. The number of anilines is 2. The highest BCUT2D eigenvalue weighted by Crippen LogP contribution is 2.30. The van der Waals surface area contributed by atoms with Crippen molar-refractivity contribution in [2.24, 2.45) is 0 Å². The molecule has 0 aliphatic rings. The number of urea groups is 1. The summed E-state index contributed by atoms with van der Waals surface area (Å²) < 4.78 is 2.54. The first-order valence-corrected chi connectivity index (χ1v) is 12.4. The Labute approximate surface area is 221 Å². The molecule has 0 saturated heterocycles. The summed E-state index contributed by atoms with van der Waals surface area (Å²) >= 11 is 9.95. The van der Waals surface area contributed by atoms with E-state index in [0.717, 1.165) is 32.7 Å². The third-order valence-electron chi connectivity index (χ3n) is 5.56. The zero-order chi connectivity index (χ0) is 24.9. The first kappa shape index (κ1) is 23.8. The highest BCUT2D eigenvalue weighted by Gasteiger charge is 2.13. The number of benzene rings is 3. The van der Waals surface area contributed by atoms with Crippen molar-refractivity contribution in [1.82, 2.24) is 19.9 Å². The molecule has 0 unspecified atom stereocenters. The summed E-state index contributed by atoms with van der Waals surface area (Å²) in [5.74, 6) is 0.781. The summed E-state index contributed by atoms with van der Waals surface area (Å²) in [5.41, 5.74) is 5.09. The highest BCUT2D eigenvalue weighted by molar-refractivity contribution is 9.10. The van der Waals surface area contributed by atoms with Crippen molar-refractivity contribution in [3.63, 3.8) is 0 Å². The van der Waals surface area contributed by atoms with Crippen LogP contribution in [0, 0.1) is 0 Å². The van der Waals surface area contributed by atoms with Crippen LogP contribution in [0.25, 0.3) is 16.9 Å². The van der Waals surface area contributed by atoms with Crippen molar-refractivity contribution in [2.75, 3.05) is 10.6 Å². The second-order valence-electron chi connectivity index (χ2n) is 8.08. The SMILES string of the molecule is O=C(NCc1ccccc1)Nc1ccc(CNc2cc(-c3ccccc3Cl)nc3c(Br)cnn23)cc1. The van der Waals surface area contributed by atoms with Gasteiger partial charge in [-0.05, 0) is 45.3 Å². The second-order valence-corrected chi connectivity index (χ2v) is 9.34. The molecule has 5 rings (SSSR count). The molecule has 0 aliphatic heterocycles. The van der Waals surface area contributed by atoms with E-state index in [1.807, 2.05) is 84.9 Å². The molecule has 3 aromatic carbocycles. The topological polar surface area (TPSA) is 83.4 Å². The molecular formula is C27H22BrClN6O. The number of amides is 2. The minimum atomic E-state index is -0.250. The Bertz CT molecular complexity index is 1500. The van der Waals surface area contributed by atoms with Crippen LogP contribution in [0.15, 0.2) is 95.6 Å². The van der Waals surface area contributed by atoms with Gasteiger partial charge in [0.05, 0.1) is 16.4 Å². The van der Waals surface area contributed by atoms with Crippen LogP contribution < -0.4 is 16.0 Å². The van der Waals surface area contributed by atoms with E-state index < -0.39 is 0 Å². The van der Waals surface area contributed by atoms with Crippen LogP contribution in [0.2, 0.25) is 5.02 Å². The second kappa shape index (κ2) is 10.8. The Morgan fingerprint density at radius 3 is 2.42 bits per heavy atom. The molecule has 2 heterocycles. The van der Waals surface area contributed by atoms with E-state index in [2.05, 4.69) is 37.0 Å². The van der Waals surface area contributed by atoms with E-state index in [1.165, 1.54) is 0 Å². The summed E-state index contributed by atoms with van der Waals surface area (Å²) in [6.45, 7) is 1.02. The number of halogens is 2. The normalized spacial score (nSPS) is 10.8. The van der Waals surface area contributed by atoms with Gasteiger partial charge < -0.3 is 16.0 Å². The predicted molar refractivity (Wildman–Crippen MR) is 147 cm³/mol. The van der Waals surface area contributed by atoms with Crippen molar-refractivity contribution in [1.29, 1.82) is 0 Å². The van der Waals surface area contributed by atoms with E-state index >= 15 is 0 Å². The number of aromatic nitrogens is 3. The first-order chi connectivity index (χ1) is 17.6. The summed E-state index contributed by atoms with van der Waals surface area (Å²) in [5, 5.41) is 14.2. The van der Waals surface area contributed by atoms with Crippen molar-refractivity contribution >= 4 is 50.7 Å². The van der Waals surface area contributed by atoms with Gasteiger partial charge in [-0.3, -0.25) is 0 Å². The molecule has 36 heavy (non-hydrogen) atoms. The number of carbonyl (C=O) groups excluding carboxylic acids is 1. The van der Waals surface area contributed by atoms with Crippen LogP contribution in [-0.4, -0.2) is 20.6 Å². The van der Waals surface area contributed by atoms with Gasteiger partial charge in [0.15, 0.2) is 5.65 Å². The molecule has 0 radical (unpaired) electrons. The zero-order valence-electron chi connectivity index (χ0n) is 19.1. The summed E-state index contributed by atoms with van der Waals surface area (Å²) in [7, 11) is 0. The quantitative estimate of drug-likeness (QED) is 0.205. The van der Waals surface area contributed by atoms with E-state index in [-0.39, 0.29) is 6.03 Å². The molecule has 0 aliphatic carbocycles. The van der Waals surface area contributed by atoms with Crippen LogP contribution in [0.1, 0.15) is 11.1 Å². The van der Waals surface area contributed by atoms with Crippen LogP contribution in [0.3, 0.4) is 0 Å². The summed E-state index contributed by atoms with van der Waals surface area (Å²) in [4.78, 5) is 17.0. The maximum atomic E-state index is 12.2. The van der Waals surface area contributed by atoms with Gasteiger partial charge >= 0.3 is 6.03 Å². The smallest absolute Gasteiger partial charge is 0.319 e. The molecule has 2 amide bonds. The molecule has 7 nitrogen and oxygen atoms in total. The molecule has 5 aromatic rings. The lowest BCUT2D eigenvalue weighted by Crippen LogP contribution is -2.28. The molecule has 0 bridgehead atoms. The lowest BCUT2D eigenvalue weighted by atomic mass is 10.1. The fraction of sp³-hybridized carbons (Fsp3) is 0.0741. The van der Waals surface area contributed by atoms with Gasteiger partial charge in [-0.15, -0.1) is 0 Å². The molecule has 3 N–H and O–H groups in total. The fourth-order valence-electron chi connectivity index (χ4n) is 3.72. The van der Waals surface area contributed by atoms with Gasteiger partial charge in [0, 0.05) is 35.4 Å². The maximum absolute atomic E-state index is 12.2. The third kappa shape index (κ3) is 5.50. The molecule has 0 spiro atoms. The van der Waals surface area contributed by atoms with Gasteiger partial charge in [0.25, 0.3) is 0 Å². The molecule has 0 fully saturated rings. The number of carbonyl (C=O) groups is 1. The van der Waals surface area contributed by atoms with Gasteiger partial charge in [-0.1, -0.05) is 72.3 Å². The Kier molecular flexibility index (Phi) is 7.16. The van der Waals surface area contributed by atoms with Gasteiger partial charge in [0.1, 0.15) is 5.82 Å². The van der Waals surface area contributed by atoms with Gasteiger partial charge in [-0.25, -0.2) is 9.78 Å². The highest BCUT2D eigenvalue weighted by atomic mass is 79.9. The largest absolute Gasteiger partial charge is 0.366 e. The monoisotopic (exact) mass is 560 g/mol. The number of nitrogens with zero attached hydrogens (tertiary/aromatic N) is 3. The number of hydrogen-bond donors (Lipinski definition) is 3. The third-order valence-corrected chi connectivity index (χ3v) is 6.45. The molecule has 2 aromatic heterocycles. The van der Waals surface area contributed by atoms with E-state index in [4.69, 9.17) is 16.6 Å². The Morgan fingerprint density at radius 1 is 0.917 bits per heavy atom. The standard InChI is InChI=1S/C27H22BrClN6O/c28-22-17-32-35-25(14-24(34-26(22)35)21-8-4-5-9-23(21)29)30-15-19-10-12-20(13-11-19)33-27(36)31-16-18-6-2-1-3-7-18/h1-14,17,30H,15-16H2,(H2,31,33,36). The van der Waals surface area contributed by atoms with Crippen molar-refractivity contribution in [3.8, 4) is 11.3 Å². The Morgan fingerprint density at radius 2 is 1.64 bits per heavy atom. The Hall–Kier alpha value is -3.88. The molecule has 180 valence electrons. The Balaban J connectivity index is 1.26. The van der Waals surface area contributed by atoms with Gasteiger partial charge in [-0.2, -0.15) is 9.61 Å². The first-order valence-electron chi connectivity index (χ1n) is 11.3. The minimum absolute atomic E-state index is 0.250. The average Bonchev–Trinajstić information content (AvgIpc) is 3.28. The molecule has 9 heteroatoms. The van der Waals surface area contributed by atoms with Crippen LogP contribution in [0.5, 0.6) is 0 Å². The molecule has 0 saturated carbocycles. The minimum Gasteiger partial charge on any atom is -0.366 e. The van der Waals surface area contributed by atoms with Crippen LogP contribution >= 0.6 is 27.5 Å². The van der Waals surface area contributed by atoms with Crippen LogP contribution in [-0.2, 0) is 13.1 Å². The fourth-order valence-corrected chi connectivity index (χ4v) is 4.30. The van der Waals surface area contributed by atoms with E-state index in [9.17, 15) is 4.79 Å². The van der Waals surface area contributed by atoms with Crippen molar-refractivity contribution in [2.45, 2.75) is 13.1 Å².